The van der Waals surface area contributed by atoms with Gasteiger partial charge in [-0.05, 0) is 30.3 Å². The highest BCUT2D eigenvalue weighted by Crippen LogP contribution is 2.26. The fourth-order valence-corrected chi connectivity index (χ4v) is 4.22. The van der Waals surface area contributed by atoms with Gasteiger partial charge in [0, 0.05) is 50.2 Å². The van der Waals surface area contributed by atoms with E-state index < -0.39 is 0 Å². The number of benzene rings is 2. The Hall–Kier alpha value is -3.12. The Morgan fingerprint density at radius 3 is 2.71 bits per heavy atom. The minimum absolute atomic E-state index is 0.0441. The Balaban J connectivity index is 1.49. The first-order valence-electron chi connectivity index (χ1n) is 10.9. The molecule has 2 amide bonds. The van der Waals surface area contributed by atoms with Gasteiger partial charge in [0.05, 0.1) is 6.04 Å². The molecule has 1 saturated heterocycles. The number of aromatic nitrogens is 2. The second-order valence-corrected chi connectivity index (χ2v) is 8.58. The number of carbonyl (C=O) groups excluding carboxylic acids is 1. The normalized spacial score (nSPS) is 17.2. The zero-order chi connectivity index (χ0) is 21.8. The minimum Gasteiger partial charge on any atom is -0.330 e. The van der Waals surface area contributed by atoms with Gasteiger partial charge in [0.25, 0.3) is 0 Å². The Morgan fingerprint density at radius 2 is 1.94 bits per heavy atom. The highest BCUT2D eigenvalue weighted by molar-refractivity contribution is 5.89. The van der Waals surface area contributed by atoms with Crippen LogP contribution in [-0.2, 0) is 6.54 Å². The molecule has 1 atom stereocenters. The molecule has 0 aliphatic carbocycles. The number of nitrogens with one attached hydrogen (secondary N) is 1. The number of carbonyl (C=O) groups is 1. The van der Waals surface area contributed by atoms with Crippen molar-refractivity contribution in [3.8, 4) is 0 Å². The maximum atomic E-state index is 13.2. The molecule has 0 spiro atoms. The van der Waals surface area contributed by atoms with E-state index in [0.29, 0.717) is 12.5 Å². The molecular formula is C25H31N5O. The van der Waals surface area contributed by atoms with Gasteiger partial charge in [0.1, 0.15) is 5.82 Å². The molecule has 0 bridgehead atoms. The predicted octanol–water partition coefficient (Wildman–Crippen LogP) is 4.58. The zero-order valence-corrected chi connectivity index (χ0v) is 18.5. The van der Waals surface area contributed by atoms with Crippen LogP contribution in [0.3, 0.4) is 0 Å². The number of hydrogen-bond acceptors (Lipinski definition) is 3. The lowest BCUT2D eigenvalue weighted by Gasteiger charge is -2.40. The van der Waals surface area contributed by atoms with Gasteiger partial charge in [-0.25, -0.2) is 9.78 Å². The van der Waals surface area contributed by atoms with Crippen LogP contribution in [0.5, 0.6) is 0 Å². The summed E-state index contributed by atoms with van der Waals surface area (Å²) >= 11 is 0. The van der Waals surface area contributed by atoms with Crippen LogP contribution in [0.1, 0.15) is 42.8 Å². The van der Waals surface area contributed by atoms with Gasteiger partial charge in [0.2, 0.25) is 0 Å². The van der Waals surface area contributed by atoms with Crippen LogP contribution in [0.15, 0.2) is 67.0 Å². The number of amides is 2. The second-order valence-electron chi connectivity index (χ2n) is 8.58. The highest BCUT2D eigenvalue weighted by Gasteiger charge is 2.30. The molecule has 1 aliphatic heterocycles. The van der Waals surface area contributed by atoms with Crippen molar-refractivity contribution < 1.29 is 4.79 Å². The number of hydrogen-bond donors (Lipinski definition) is 1. The van der Waals surface area contributed by atoms with Gasteiger partial charge in [-0.15, -0.1) is 0 Å². The summed E-state index contributed by atoms with van der Waals surface area (Å²) in [6, 6.07) is 18.4. The topological polar surface area (TPSA) is 53.4 Å². The molecule has 162 valence electrons. The largest absolute Gasteiger partial charge is 0.330 e. The smallest absolute Gasteiger partial charge is 0.322 e. The third kappa shape index (κ3) is 4.97. The molecule has 1 aliphatic rings. The van der Waals surface area contributed by atoms with Crippen molar-refractivity contribution in [2.75, 3.05) is 32.0 Å². The van der Waals surface area contributed by atoms with Crippen molar-refractivity contribution in [3.05, 3.63) is 83.9 Å². The van der Waals surface area contributed by atoms with Gasteiger partial charge in [-0.3, -0.25) is 0 Å². The first-order chi connectivity index (χ1) is 15.0. The average Bonchev–Trinajstić information content (AvgIpc) is 3.23. The second kappa shape index (κ2) is 9.35. The van der Waals surface area contributed by atoms with Gasteiger partial charge >= 0.3 is 6.03 Å². The molecule has 1 N–H and O–H groups in total. The molecule has 1 unspecified atom stereocenters. The number of nitrogens with zero attached hydrogens (tertiary/aromatic N) is 4. The van der Waals surface area contributed by atoms with E-state index in [-0.39, 0.29) is 12.1 Å². The lowest BCUT2D eigenvalue weighted by atomic mass is 10.0. The summed E-state index contributed by atoms with van der Waals surface area (Å²) in [5.41, 5.74) is 3.12. The van der Waals surface area contributed by atoms with E-state index in [4.69, 9.17) is 0 Å². The molecule has 4 rings (SSSR count). The molecule has 1 fully saturated rings. The van der Waals surface area contributed by atoms with Crippen LogP contribution in [0.2, 0.25) is 0 Å². The number of anilines is 1. The summed E-state index contributed by atoms with van der Waals surface area (Å²) in [6.07, 6.45) is 3.85. The molecule has 2 aromatic carbocycles. The Labute approximate surface area is 184 Å². The molecule has 0 saturated carbocycles. The van der Waals surface area contributed by atoms with E-state index in [1.807, 2.05) is 47.6 Å². The first-order valence-corrected chi connectivity index (χ1v) is 10.9. The van der Waals surface area contributed by atoms with Crippen molar-refractivity contribution >= 4 is 11.7 Å². The van der Waals surface area contributed by atoms with Gasteiger partial charge in [-0.1, -0.05) is 56.3 Å². The summed E-state index contributed by atoms with van der Waals surface area (Å²) in [4.78, 5) is 21.9. The molecule has 6 nitrogen and oxygen atoms in total. The quantitative estimate of drug-likeness (QED) is 0.661. The van der Waals surface area contributed by atoms with E-state index in [2.05, 4.69) is 64.9 Å². The van der Waals surface area contributed by atoms with Crippen LogP contribution < -0.4 is 5.32 Å². The lowest BCUT2D eigenvalue weighted by Crippen LogP contribution is -2.50. The third-order valence-corrected chi connectivity index (χ3v) is 5.82. The SMILES string of the molecule is CC(C)c1nccn1Cc1cccc(NC(=O)N2CCN(C)CC2c2ccccc2)c1. The number of piperazine rings is 1. The lowest BCUT2D eigenvalue weighted by molar-refractivity contribution is 0.117. The fraction of sp³-hybridized carbons (Fsp3) is 0.360. The standard InChI is InChI=1S/C25H31N5O/c1-19(2)24-26-12-13-29(24)17-20-8-7-11-22(16-20)27-25(31)30-15-14-28(3)18-23(30)21-9-5-4-6-10-21/h4-13,16,19,23H,14-15,17-18H2,1-3H3,(H,27,31). The first kappa shape index (κ1) is 21.1. The maximum absolute atomic E-state index is 13.2. The minimum atomic E-state index is -0.0513. The highest BCUT2D eigenvalue weighted by atomic mass is 16.2. The van der Waals surface area contributed by atoms with E-state index in [1.54, 1.807) is 0 Å². The summed E-state index contributed by atoms with van der Waals surface area (Å²) in [5.74, 6) is 1.43. The van der Waals surface area contributed by atoms with E-state index in [9.17, 15) is 4.79 Å². The molecule has 0 radical (unpaired) electrons. The van der Waals surface area contributed by atoms with Crippen LogP contribution in [0.4, 0.5) is 10.5 Å². The maximum Gasteiger partial charge on any atom is 0.322 e. The van der Waals surface area contributed by atoms with Gasteiger partial charge in [-0.2, -0.15) is 0 Å². The van der Waals surface area contributed by atoms with Crippen molar-refractivity contribution in [2.24, 2.45) is 0 Å². The number of urea groups is 1. The average molecular weight is 418 g/mol. The van der Waals surface area contributed by atoms with E-state index in [1.165, 1.54) is 5.56 Å². The summed E-state index contributed by atoms with van der Waals surface area (Å²) in [6.45, 7) is 7.43. The third-order valence-electron chi connectivity index (χ3n) is 5.82. The number of imidazole rings is 1. The number of likely N-dealkylation sites (N-methyl/N-ethyl adjacent to an activating group) is 1. The summed E-state index contributed by atoms with van der Waals surface area (Å²) < 4.78 is 2.16. The Morgan fingerprint density at radius 1 is 1.13 bits per heavy atom. The van der Waals surface area contributed by atoms with Gasteiger partial charge < -0.3 is 19.7 Å². The van der Waals surface area contributed by atoms with Crippen molar-refractivity contribution in [1.29, 1.82) is 0 Å². The predicted molar refractivity (Wildman–Crippen MR) is 124 cm³/mol. The Bertz CT molecular complexity index is 1010. The summed E-state index contributed by atoms with van der Waals surface area (Å²) in [5, 5.41) is 3.13. The van der Waals surface area contributed by atoms with Crippen molar-refractivity contribution in [3.63, 3.8) is 0 Å². The van der Waals surface area contributed by atoms with Crippen molar-refractivity contribution in [1.82, 2.24) is 19.4 Å². The molecular weight excluding hydrogens is 386 g/mol. The Kier molecular flexibility index (Phi) is 6.37. The summed E-state index contributed by atoms with van der Waals surface area (Å²) in [7, 11) is 2.11. The molecule has 3 aromatic rings. The molecule has 2 heterocycles. The number of rotatable bonds is 5. The monoisotopic (exact) mass is 417 g/mol. The van der Waals surface area contributed by atoms with Crippen LogP contribution in [-0.4, -0.2) is 52.1 Å². The van der Waals surface area contributed by atoms with Crippen molar-refractivity contribution in [2.45, 2.75) is 32.4 Å². The van der Waals surface area contributed by atoms with Crippen LogP contribution >= 0.6 is 0 Å². The molecule has 1 aromatic heterocycles. The molecule has 31 heavy (non-hydrogen) atoms. The van der Waals surface area contributed by atoms with E-state index in [0.717, 1.165) is 36.7 Å². The van der Waals surface area contributed by atoms with Gasteiger partial charge in [0.15, 0.2) is 0 Å². The zero-order valence-electron chi connectivity index (χ0n) is 18.5. The van der Waals surface area contributed by atoms with Crippen LogP contribution in [0, 0.1) is 0 Å². The fourth-order valence-electron chi connectivity index (χ4n) is 4.22. The van der Waals surface area contributed by atoms with E-state index >= 15 is 0 Å². The molecule has 6 heteroatoms. The van der Waals surface area contributed by atoms with Crippen LogP contribution in [0.25, 0.3) is 0 Å².